The molecule has 21 heavy (non-hydrogen) atoms. The van der Waals surface area contributed by atoms with Crippen molar-refractivity contribution >= 4 is 35.2 Å². The summed E-state index contributed by atoms with van der Waals surface area (Å²) in [7, 11) is 1.33. The largest absolute Gasteiger partial charge is 0.469 e. The number of methoxy groups -OCH3 is 1. The fourth-order valence-corrected chi connectivity index (χ4v) is 2.35. The van der Waals surface area contributed by atoms with Crippen LogP contribution >= 0.6 is 11.8 Å². The number of para-hydroxylation sites is 1. The molecule has 0 radical (unpaired) electrons. The van der Waals surface area contributed by atoms with Crippen molar-refractivity contribution in [1.82, 2.24) is 0 Å². The van der Waals surface area contributed by atoms with Crippen LogP contribution in [0.15, 0.2) is 24.3 Å². The molecule has 1 rings (SSSR count). The Morgan fingerprint density at radius 1 is 1.33 bits per heavy atom. The summed E-state index contributed by atoms with van der Waals surface area (Å²) in [6.45, 7) is 1.84. The summed E-state index contributed by atoms with van der Waals surface area (Å²) >= 11 is 1.33. The van der Waals surface area contributed by atoms with Crippen LogP contribution in [-0.4, -0.2) is 35.9 Å². The van der Waals surface area contributed by atoms with Crippen LogP contribution in [0.5, 0.6) is 0 Å². The number of esters is 1. The molecule has 0 heterocycles. The zero-order chi connectivity index (χ0) is 15.8. The van der Waals surface area contributed by atoms with Gasteiger partial charge >= 0.3 is 5.97 Å². The van der Waals surface area contributed by atoms with Gasteiger partial charge in [0, 0.05) is 5.25 Å². The Labute approximate surface area is 127 Å². The average molecular weight is 310 g/mol. The van der Waals surface area contributed by atoms with Gasteiger partial charge in [0.15, 0.2) is 0 Å². The summed E-state index contributed by atoms with van der Waals surface area (Å²) in [4.78, 5) is 34.2. The van der Waals surface area contributed by atoms with Gasteiger partial charge in [-0.2, -0.15) is 0 Å². The lowest BCUT2D eigenvalue weighted by Gasteiger charge is -2.11. The van der Waals surface area contributed by atoms with E-state index in [0.29, 0.717) is 5.69 Å². The molecule has 1 unspecified atom stereocenters. The van der Waals surface area contributed by atoms with Crippen LogP contribution in [-0.2, 0) is 14.3 Å². The van der Waals surface area contributed by atoms with Crippen molar-refractivity contribution in [2.24, 2.45) is 5.73 Å². The molecule has 1 aromatic rings. The molecule has 0 aliphatic heterocycles. The standard InChI is InChI=1S/C14H18N2O4S/c1-9(7-13(18)20-2)21-8-12(17)16-11-6-4-3-5-10(11)14(15)19/h3-6,9H,7-8H2,1-2H3,(H2,15,19)(H,16,17). The molecular weight excluding hydrogens is 292 g/mol. The third kappa shape index (κ3) is 5.86. The Balaban J connectivity index is 2.51. The summed E-state index contributed by atoms with van der Waals surface area (Å²) in [6, 6.07) is 6.53. The van der Waals surface area contributed by atoms with Crippen LogP contribution in [0.3, 0.4) is 0 Å². The van der Waals surface area contributed by atoms with Gasteiger partial charge in [-0.25, -0.2) is 0 Å². The maximum absolute atomic E-state index is 11.8. The van der Waals surface area contributed by atoms with Gasteiger partial charge < -0.3 is 15.8 Å². The van der Waals surface area contributed by atoms with Crippen molar-refractivity contribution in [3.63, 3.8) is 0 Å². The highest BCUT2D eigenvalue weighted by molar-refractivity contribution is 8.00. The van der Waals surface area contributed by atoms with Crippen molar-refractivity contribution in [3.05, 3.63) is 29.8 Å². The van der Waals surface area contributed by atoms with Gasteiger partial charge in [-0.05, 0) is 12.1 Å². The van der Waals surface area contributed by atoms with Gasteiger partial charge in [0.25, 0.3) is 5.91 Å². The molecule has 114 valence electrons. The van der Waals surface area contributed by atoms with Crippen molar-refractivity contribution in [2.75, 3.05) is 18.2 Å². The smallest absolute Gasteiger partial charge is 0.306 e. The first-order chi connectivity index (χ1) is 9.93. The van der Waals surface area contributed by atoms with Crippen molar-refractivity contribution in [3.8, 4) is 0 Å². The maximum atomic E-state index is 11.8. The van der Waals surface area contributed by atoms with Gasteiger partial charge in [-0.15, -0.1) is 11.8 Å². The number of hydrogen-bond acceptors (Lipinski definition) is 5. The molecule has 0 aliphatic rings. The predicted molar refractivity (Wildman–Crippen MR) is 82.1 cm³/mol. The molecule has 0 bridgehead atoms. The molecule has 7 heteroatoms. The van der Waals surface area contributed by atoms with Crippen LogP contribution in [0.4, 0.5) is 5.69 Å². The van der Waals surface area contributed by atoms with Crippen LogP contribution < -0.4 is 11.1 Å². The lowest BCUT2D eigenvalue weighted by atomic mass is 10.1. The van der Waals surface area contributed by atoms with Crippen LogP contribution in [0.1, 0.15) is 23.7 Å². The third-order valence-electron chi connectivity index (χ3n) is 2.65. The third-order valence-corrected chi connectivity index (χ3v) is 3.81. The van der Waals surface area contributed by atoms with E-state index in [1.165, 1.54) is 18.9 Å². The molecular formula is C14H18N2O4S. The SMILES string of the molecule is COC(=O)CC(C)SCC(=O)Nc1ccccc1C(N)=O. The topological polar surface area (TPSA) is 98.5 Å². The molecule has 0 aliphatic carbocycles. The minimum Gasteiger partial charge on any atom is -0.469 e. The van der Waals surface area contributed by atoms with Gasteiger partial charge in [0.1, 0.15) is 0 Å². The van der Waals surface area contributed by atoms with E-state index >= 15 is 0 Å². The van der Waals surface area contributed by atoms with E-state index in [0.717, 1.165) is 0 Å². The molecule has 1 aromatic carbocycles. The Bertz CT molecular complexity index is 533. The van der Waals surface area contributed by atoms with Crippen molar-refractivity contribution < 1.29 is 19.1 Å². The molecule has 2 amide bonds. The second kappa shape index (κ2) is 8.31. The lowest BCUT2D eigenvalue weighted by Crippen LogP contribution is -2.20. The van der Waals surface area contributed by atoms with E-state index in [4.69, 9.17) is 5.73 Å². The fraction of sp³-hybridized carbons (Fsp3) is 0.357. The Kier molecular flexibility index (Phi) is 6.74. The minimum atomic E-state index is -0.599. The number of nitrogens with one attached hydrogen (secondary N) is 1. The first-order valence-electron chi connectivity index (χ1n) is 6.31. The van der Waals surface area contributed by atoms with E-state index in [2.05, 4.69) is 10.1 Å². The number of carbonyl (C=O) groups excluding carboxylic acids is 3. The van der Waals surface area contributed by atoms with E-state index in [9.17, 15) is 14.4 Å². The Morgan fingerprint density at radius 2 is 2.00 bits per heavy atom. The molecule has 0 saturated carbocycles. The van der Waals surface area contributed by atoms with Crippen molar-refractivity contribution in [2.45, 2.75) is 18.6 Å². The monoisotopic (exact) mass is 310 g/mol. The van der Waals surface area contributed by atoms with Gasteiger partial charge in [0.2, 0.25) is 5.91 Å². The fourth-order valence-electron chi connectivity index (χ4n) is 1.59. The number of ether oxygens (including phenoxy) is 1. The number of thioether (sulfide) groups is 1. The molecule has 0 spiro atoms. The number of hydrogen-bond donors (Lipinski definition) is 2. The minimum absolute atomic E-state index is 0.0328. The Morgan fingerprint density at radius 3 is 2.62 bits per heavy atom. The first-order valence-corrected chi connectivity index (χ1v) is 7.36. The second-order valence-electron chi connectivity index (χ2n) is 4.36. The normalized spacial score (nSPS) is 11.5. The van der Waals surface area contributed by atoms with Crippen LogP contribution in [0.2, 0.25) is 0 Å². The maximum Gasteiger partial charge on any atom is 0.306 e. The van der Waals surface area contributed by atoms with Gasteiger partial charge in [0.05, 0.1) is 30.5 Å². The second-order valence-corrected chi connectivity index (χ2v) is 5.79. The summed E-state index contributed by atoms with van der Waals surface area (Å²) < 4.78 is 4.56. The lowest BCUT2D eigenvalue weighted by molar-refractivity contribution is -0.140. The highest BCUT2D eigenvalue weighted by atomic mass is 32.2. The van der Waals surface area contributed by atoms with Gasteiger partial charge in [-0.1, -0.05) is 19.1 Å². The molecule has 3 N–H and O–H groups in total. The quantitative estimate of drug-likeness (QED) is 0.742. The molecule has 1 atom stereocenters. The number of primary amides is 1. The molecule has 6 nitrogen and oxygen atoms in total. The van der Waals surface area contributed by atoms with Crippen LogP contribution in [0, 0.1) is 0 Å². The highest BCUT2D eigenvalue weighted by Gasteiger charge is 2.14. The van der Waals surface area contributed by atoms with Crippen LogP contribution in [0.25, 0.3) is 0 Å². The summed E-state index contributed by atoms with van der Waals surface area (Å²) in [5.41, 5.74) is 5.88. The Hall–Kier alpha value is -2.02. The zero-order valence-corrected chi connectivity index (χ0v) is 12.7. The summed E-state index contributed by atoms with van der Waals surface area (Å²) in [6.07, 6.45) is 0.242. The number of carbonyl (C=O) groups is 3. The number of amides is 2. The number of anilines is 1. The van der Waals surface area contributed by atoms with Crippen molar-refractivity contribution in [1.29, 1.82) is 0 Å². The molecule has 0 saturated heterocycles. The molecule has 0 fully saturated rings. The number of nitrogens with two attached hydrogens (primary N) is 1. The first kappa shape index (κ1) is 17.0. The highest BCUT2D eigenvalue weighted by Crippen LogP contribution is 2.17. The van der Waals surface area contributed by atoms with E-state index in [1.807, 2.05) is 6.92 Å². The van der Waals surface area contributed by atoms with Gasteiger partial charge in [-0.3, -0.25) is 14.4 Å². The predicted octanol–water partition coefficient (Wildman–Crippen LogP) is 1.41. The zero-order valence-electron chi connectivity index (χ0n) is 11.9. The number of rotatable bonds is 7. The average Bonchev–Trinajstić information content (AvgIpc) is 2.45. The van der Waals surface area contributed by atoms with E-state index < -0.39 is 5.91 Å². The van der Waals surface area contributed by atoms with E-state index in [1.54, 1.807) is 24.3 Å². The summed E-state index contributed by atoms with van der Waals surface area (Å²) in [5, 5.41) is 2.60. The molecule has 0 aromatic heterocycles. The number of benzene rings is 1. The summed E-state index contributed by atoms with van der Waals surface area (Å²) in [5.74, 6) is -0.997. The van der Waals surface area contributed by atoms with E-state index in [-0.39, 0.29) is 34.9 Å².